The van der Waals surface area contributed by atoms with Crippen LogP contribution >= 0.6 is 0 Å². The van der Waals surface area contributed by atoms with Gasteiger partial charge in [0.15, 0.2) is 6.61 Å². The molecule has 0 aliphatic carbocycles. The number of furan rings is 1. The van der Waals surface area contributed by atoms with E-state index in [1.54, 1.807) is 19.1 Å². The first-order valence-electron chi connectivity index (χ1n) is 7.93. The SMILES string of the molecule is CCOC(=O)c1c(C)oc(NC(=O)COc2ccccc2C)c1C(N)=O. The molecule has 0 atom stereocenters. The summed E-state index contributed by atoms with van der Waals surface area (Å²) in [5.41, 5.74) is 5.87. The van der Waals surface area contributed by atoms with Crippen LogP contribution in [0.3, 0.4) is 0 Å². The molecule has 0 fully saturated rings. The summed E-state index contributed by atoms with van der Waals surface area (Å²) in [4.78, 5) is 35.9. The fourth-order valence-corrected chi connectivity index (χ4v) is 2.34. The van der Waals surface area contributed by atoms with E-state index >= 15 is 0 Å². The van der Waals surface area contributed by atoms with Crippen molar-refractivity contribution < 1.29 is 28.3 Å². The van der Waals surface area contributed by atoms with Gasteiger partial charge < -0.3 is 19.6 Å². The van der Waals surface area contributed by atoms with Crippen molar-refractivity contribution in [2.24, 2.45) is 5.73 Å². The number of nitrogens with one attached hydrogen (secondary N) is 1. The normalized spacial score (nSPS) is 10.3. The number of nitrogens with two attached hydrogens (primary N) is 1. The number of hydrogen-bond acceptors (Lipinski definition) is 6. The number of primary amides is 1. The first kappa shape index (κ1) is 19.0. The van der Waals surface area contributed by atoms with Gasteiger partial charge >= 0.3 is 5.97 Å². The molecule has 0 saturated heterocycles. The van der Waals surface area contributed by atoms with Gasteiger partial charge in [-0.05, 0) is 32.4 Å². The van der Waals surface area contributed by atoms with Crippen LogP contribution in [-0.2, 0) is 9.53 Å². The van der Waals surface area contributed by atoms with Crippen LogP contribution in [0.1, 0.15) is 39.0 Å². The number of benzene rings is 1. The zero-order valence-electron chi connectivity index (χ0n) is 14.8. The molecule has 0 bridgehead atoms. The summed E-state index contributed by atoms with van der Waals surface area (Å²) < 4.78 is 15.7. The Morgan fingerprint density at radius 2 is 1.85 bits per heavy atom. The van der Waals surface area contributed by atoms with Crippen LogP contribution in [0.5, 0.6) is 5.75 Å². The molecule has 138 valence electrons. The number of esters is 1. The van der Waals surface area contributed by atoms with Crippen molar-refractivity contribution in [2.45, 2.75) is 20.8 Å². The molecule has 26 heavy (non-hydrogen) atoms. The Bertz CT molecular complexity index is 840. The summed E-state index contributed by atoms with van der Waals surface area (Å²) in [6, 6.07) is 7.21. The van der Waals surface area contributed by atoms with E-state index in [-0.39, 0.29) is 36.0 Å². The maximum atomic E-state index is 12.1. The number of anilines is 1. The van der Waals surface area contributed by atoms with Crippen LogP contribution in [-0.4, -0.2) is 31.0 Å². The molecule has 0 radical (unpaired) electrons. The van der Waals surface area contributed by atoms with Crippen molar-refractivity contribution in [3.8, 4) is 5.75 Å². The van der Waals surface area contributed by atoms with E-state index in [0.29, 0.717) is 5.75 Å². The van der Waals surface area contributed by atoms with E-state index in [0.717, 1.165) is 5.56 Å². The second kappa shape index (κ2) is 8.19. The summed E-state index contributed by atoms with van der Waals surface area (Å²) >= 11 is 0. The lowest BCUT2D eigenvalue weighted by Gasteiger charge is -2.08. The average Bonchev–Trinajstić information content (AvgIpc) is 2.90. The largest absolute Gasteiger partial charge is 0.483 e. The van der Waals surface area contributed by atoms with E-state index in [1.165, 1.54) is 6.92 Å². The van der Waals surface area contributed by atoms with E-state index in [1.807, 2.05) is 19.1 Å². The van der Waals surface area contributed by atoms with Gasteiger partial charge in [0.2, 0.25) is 5.88 Å². The number of carbonyl (C=O) groups excluding carboxylic acids is 3. The Morgan fingerprint density at radius 3 is 2.46 bits per heavy atom. The molecule has 2 amide bonds. The number of amides is 2. The highest BCUT2D eigenvalue weighted by Crippen LogP contribution is 2.27. The molecule has 0 aliphatic heterocycles. The Kier molecular flexibility index (Phi) is 6.00. The van der Waals surface area contributed by atoms with E-state index in [9.17, 15) is 14.4 Å². The van der Waals surface area contributed by atoms with Gasteiger partial charge in [0, 0.05) is 0 Å². The van der Waals surface area contributed by atoms with Crippen molar-refractivity contribution >= 4 is 23.7 Å². The fourth-order valence-electron chi connectivity index (χ4n) is 2.34. The monoisotopic (exact) mass is 360 g/mol. The van der Waals surface area contributed by atoms with Gasteiger partial charge in [-0.2, -0.15) is 0 Å². The average molecular weight is 360 g/mol. The van der Waals surface area contributed by atoms with Crippen molar-refractivity contribution in [3.05, 3.63) is 46.7 Å². The van der Waals surface area contributed by atoms with E-state index in [4.69, 9.17) is 19.6 Å². The zero-order chi connectivity index (χ0) is 19.3. The van der Waals surface area contributed by atoms with E-state index < -0.39 is 17.8 Å². The maximum absolute atomic E-state index is 12.1. The summed E-state index contributed by atoms with van der Waals surface area (Å²) in [5.74, 6) is -1.77. The highest BCUT2D eigenvalue weighted by molar-refractivity contribution is 6.10. The van der Waals surface area contributed by atoms with Gasteiger partial charge in [0.05, 0.1) is 6.61 Å². The van der Waals surface area contributed by atoms with Gasteiger partial charge in [-0.25, -0.2) is 4.79 Å². The molecule has 1 aromatic carbocycles. The van der Waals surface area contributed by atoms with Crippen molar-refractivity contribution in [3.63, 3.8) is 0 Å². The Balaban J connectivity index is 2.17. The molecular formula is C18H20N2O6. The van der Waals surface area contributed by atoms with E-state index in [2.05, 4.69) is 5.32 Å². The number of aryl methyl sites for hydroxylation is 2. The lowest BCUT2D eigenvalue weighted by Crippen LogP contribution is -2.23. The molecule has 0 spiro atoms. The van der Waals surface area contributed by atoms with Gasteiger partial charge in [-0.3, -0.25) is 14.9 Å². The Hall–Kier alpha value is -3.29. The van der Waals surface area contributed by atoms with Crippen molar-refractivity contribution in [1.82, 2.24) is 0 Å². The molecular weight excluding hydrogens is 340 g/mol. The van der Waals surface area contributed by atoms with Crippen LogP contribution in [0.15, 0.2) is 28.7 Å². The maximum Gasteiger partial charge on any atom is 0.342 e. The lowest BCUT2D eigenvalue weighted by atomic mass is 10.1. The lowest BCUT2D eigenvalue weighted by molar-refractivity contribution is -0.118. The molecule has 2 rings (SSSR count). The third-order valence-electron chi connectivity index (χ3n) is 3.52. The van der Waals surface area contributed by atoms with Crippen LogP contribution < -0.4 is 15.8 Å². The second-order valence-corrected chi connectivity index (χ2v) is 5.42. The van der Waals surface area contributed by atoms with Gasteiger partial charge in [-0.1, -0.05) is 18.2 Å². The summed E-state index contributed by atoms with van der Waals surface area (Å²) in [7, 11) is 0. The Labute approximate surface area is 150 Å². The molecule has 1 aromatic heterocycles. The first-order chi connectivity index (χ1) is 12.3. The Morgan fingerprint density at radius 1 is 1.15 bits per heavy atom. The minimum absolute atomic E-state index is 0.102. The highest BCUT2D eigenvalue weighted by atomic mass is 16.5. The number of rotatable bonds is 7. The quantitative estimate of drug-likeness (QED) is 0.730. The van der Waals surface area contributed by atoms with Crippen LogP contribution in [0, 0.1) is 13.8 Å². The van der Waals surface area contributed by atoms with Crippen molar-refractivity contribution in [2.75, 3.05) is 18.5 Å². The number of carbonyl (C=O) groups is 3. The number of hydrogen-bond donors (Lipinski definition) is 2. The molecule has 0 unspecified atom stereocenters. The molecule has 8 heteroatoms. The summed E-state index contributed by atoms with van der Waals surface area (Å²) in [6.07, 6.45) is 0. The predicted octanol–water partition coefficient (Wildman–Crippen LogP) is 2.19. The van der Waals surface area contributed by atoms with Gasteiger partial charge in [0.25, 0.3) is 11.8 Å². The third kappa shape index (κ3) is 4.21. The molecule has 1 heterocycles. The van der Waals surface area contributed by atoms with Crippen molar-refractivity contribution in [1.29, 1.82) is 0 Å². The van der Waals surface area contributed by atoms with Gasteiger partial charge in [-0.15, -0.1) is 0 Å². The smallest absolute Gasteiger partial charge is 0.342 e. The minimum atomic E-state index is -0.917. The molecule has 0 aliphatic rings. The molecule has 2 aromatic rings. The minimum Gasteiger partial charge on any atom is -0.483 e. The molecule has 3 N–H and O–H groups in total. The summed E-state index contributed by atoms with van der Waals surface area (Å²) in [6.45, 7) is 4.76. The van der Waals surface area contributed by atoms with Crippen LogP contribution in [0.4, 0.5) is 5.88 Å². The topological polar surface area (TPSA) is 121 Å². The van der Waals surface area contributed by atoms with Crippen LogP contribution in [0.25, 0.3) is 0 Å². The first-order valence-corrected chi connectivity index (χ1v) is 7.93. The standard InChI is InChI=1S/C18H20N2O6/c1-4-24-18(23)14-11(3)26-17(15(14)16(19)22)20-13(21)9-25-12-8-6-5-7-10(12)2/h5-8H,4,9H2,1-3H3,(H2,19,22)(H,20,21). The second-order valence-electron chi connectivity index (χ2n) is 5.42. The number of ether oxygens (including phenoxy) is 2. The fraction of sp³-hybridized carbons (Fsp3) is 0.278. The third-order valence-corrected chi connectivity index (χ3v) is 3.52. The number of para-hydroxylation sites is 1. The van der Waals surface area contributed by atoms with Gasteiger partial charge in [0.1, 0.15) is 22.6 Å². The van der Waals surface area contributed by atoms with Crippen LogP contribution in [0.2, 0.25) is 0 Å². The zero-order valence-corrected chi connectivity index (χ0v) is 14.8. The highest BCUT2D eigenvalue weighted by Gasteiger charge is 2.29. The summed E-state index contributed by atoms with van der Waals surface area (Å²) in [5, 5.41) is 2.40. The predicted molar refractivity (Wildman–Crippen MR) is 93.2 cm³/mol. The molecule has 0 saturated carbocycles. The molecule has 8 nitrogen and oxygen atoms in total.